The molecule has 0 fully saturated rings. The lowest BCUT2D eigenvalue weighted by atomic mass is 10.1. The van der Waals surface area contributed by atoms with Gasteiger partial charge in [0.05, 0.1) is 27.4 Å². The van der Waals surface area contributed by atoms with Gasteiger partial charge in [0.2, 0.25) is 0 Å². The minimum Gasteiger partial charge on any atom is -0.497 e. The van der Waals surface area contributed by atoms with Crippen molar-refractivity contribution in [3.63, 3.8) is 0 Å². The van der Waals surface area contributed by atoms with Gasteiger partial charge in [-0.2, -0.15) is 0 Å². The van der Waals surface area contributed by atoms with Gasteiger partial charge in [0.15, 0.2) is 11.6 Å². The molecule has 2 rings (SSSR count). The fraction of sp³-hybridized carbons (Fsp3) is 0.316. The highest BCUT2D eigenvalue weighted by atomic mass is 19.1. The van der Waals surface area contributed by atoms with Crippen molar-refractivity contribution in [2.75, 3.05) is 21.3 Å². The van der Waals surface area contributed by atoms with Crippen molar-refractivity contribution in [2.45, 2.75) is 19.5 Å². The molecule has 0 saturated carbocycles. The number of amides is 2. The van der Waals surface area contributed by atoms with Crippen LogP contribution >= 0.6 is 0 Å². The molecular formula is C19H23FN2O4. The van der Waals surface area contributed by atoms with Gasteiger partial charge in [-0.15, -0.1) is 0 Å². The number of carbonyl (C=O) groups excluding carboxylic acids is 1. The molecule has 0 spiro atoms. The Morgan fingerprint density at radius 3 is 2.38 bits per heavy atom. The highest BCUT2D eigenvalue weighted by Crippen LogP contribution is 2.24. The lowest BCUT2D eigenvalue weighted by Crippen LogP contribution is -2.36. The van der Waals surface area contributed by atoms with Gasteiger partial charge in [-0.25, -0.2) is 9.18 Å². The Bertz CT molecular complexity index is 767. The molecule has 1 unspecified atom stereocenters. The van der Waals surface area contributed by atoms with Crippen molar-refractivity contribution in [1.82, 2.24) is 10.6 Å². The molecule has 0 heterocycles. The summed E-state index contributed by atoms with van der Waals surface area (Å²) in [6, 6.07) is 9.20. The summed E-state index contributed by atoms with van der Waals surface area (Å²) in [5.74, 6) is 0.985. The van der Waals surface area contributed by atoms with Crippen LogP contribution in [0.1, 0.15) is 24.1 Å². The van der Waals surface area contributed by atoms with E-state index in [1.54, 1.807) is 39.3 Å². The van der Waals surface area contributed by atoms with Crippen LogP contribution in [0, 0.1) is 5.82 Å². The summed E-state index contributed by atoms with van der Waals surface area (Å²) in [4.78, 5) is 12.1. The molecule has 7 heteroatoms. The van der Waals surface area contributed by atoms with Gasteiger partial charge in [-0.05, 0) is 36.8 Å². The van der Waals surface area contributed by atoms with E-state index in [0.29, 0.717) is 17.1 Å². The number of hydrogen-bond donors (Lipinski definition) is 2. The second-order valence-electron chi connectivity index (χ2n) is 5.62. The van der Waals surface area contributed by atoms with Crippen molar-refractivity contribution < 1.29 is 23.4 Å². The molecular weight excluding hydrogens is 339 g/mol. The molecule has 0 aliphatic rings. The highest BCUT2D eigenvalue weighted by molar-refractivity contribution is 5.74. The smallest absolute Gasteiger partial charge is 0.315 e. The second kappa shape index (κ2) is 8.94. The number of halogens is 1. The van der Waals surface area contributed by atoms with E-state index in [1.165, 1.54) is 19.2 Å². The molecule has 2 amide bonds. The SMILES string of the molecule is COc1ccc(CNC(=O)NC(C)c2ccc(OC)c(F)c2)c(OC)c1. The van der Waals surface area contributed by atoms with E-state index < -0.39 is 5.82 Å². The van der Waals surface area contributed by atoms with E-state index in [0.717, 1.165) is 5.56 Å². The van der Waals surface area contributed by atoms with Crippen LogP contribution in [0.4, 0.5) is 9.18 Å². The van der Waals surface area contributed by atoms with Crippen LogP contribution in [0.15, 0.2) is 36.4 Å². The summed E-state index contributed by atoms with van der Waals surface area (Å²) in [7, 11) is 4.53. The van der Waals surface area contributed by atoms with Crippen molar-refractivity contribution >= 4 is 6.03 Å². The standard InChI is InChI=1S/C19H23FN2O4/c1-12(13-6-8-17(25-3)16(20)9-13)22-19(23)21-11-14-5-7-15(24-2)10-18(14)26-4/h5-10,12H,11H2,1-4H3,(H2,21,22,23). The Kier molecular flexibility index (Phi) is 6.66. The van der Waals surface area contributed by atoms with Crippen molar-refractivity contribution in [2.24, 2.45) is 0 Å². The Hall–Kier alpha value is -2.96. The third-order valence-electron chi connectivity index (χ3n) is 3.96. The maximum atomic E-state index is 13.8. The molecule has 2 N–H and O–H groups in total. The summed E-state index contributed by atoms with van der Waals surface area (Å²) in [6.07, 6.45) is 0. The van der Waals surface area contributed by atoms with E-state index >= 15 is 0 Å². The molecule has 0 bridgehead atoms. The average molecular weight is 362 g/mol. The number of urea groups is 1. The third-order valence-corrected chi connectivity index (χ3v) is 3.96. The first-order chi connectivity index (χ1) is 12.5. The van der Waals surface area contributed by atoms with Crippen LogP contribution in [0.25, 0.3) is 0 Å². The normalized spacial score (nSPS) is 11.4. The maximum absolute atomic E-state index is 13.8. The quantitative estimate of drug-likeness (QED) is 0.792. The van der Waals surface area contributed by atoms with Crippen molar-refractivity contribution in [1.29, 1.82) is 0 Å². The Balaban J connectivity index is 1.95. The molecule has 2 aromatic carbocycles. The number of carbonyl (C=O) groups is 1. The molecule has 140 valence electrons. The molecule has 26 heavy (non-hydrogen) atoms. The first-order valence-corrected chi connectivity index (χ1v) is 8.07. The summed E-state index contributed by atoms with van der Waals surface area (Å²) >= 11 is 0. The van der Waals surface area contributed by atoms with Crippen LogP contribution in [-0.4, -0.2) is 27.4 Å². The van der Waals surface area contributed by atoms with Gasteiger partial charge in [-0.1, -0.05) is 6.07 Å². The van der Waals surface area contributed by atoms with E-state index in [4.69, 9.17) is 14.2 Å². The largest absolute Gasteiger partial charge is 0.497 e. The fourth-order valence-electron chi connectivity index (χ4n) is 2.46. The lowest BCUT2D eigenvalue weighted by molar-refractivity contribution is 0.237. The molecule has 0 saturated heterocycles. The fourth-order valence-corrected chi connectivity index (χ4v) is 2.46. The number of rotatable bonds is 7. The predicted molar refractivity (Wildman–Crippen MR) is 96.3 cm³/mol. The Labute approximate surface area is 152 Å². The number of hydrogen-bond acceptors (Lipinski definition) is 4. The van der Waals surface area contributed by atoms with Gasteiger partial charge in [0.25, 0.3) is 0 Å². The Morgan fingerprint density at radius 1 is 1.04 bits per heavy atom. The van der Waals surface area contributed by atoms with Crippen LogP contribution in [0.3, 0.4) is 0 Å². The topological polar surface area (TPSA) is 68.8 Å². The van der Waals surface area contributed by atoms with Gasteiger partial charge < -0.3 is 24.8 Å². The van der Waals surface area contributed by atoms with Crippen LogP contribution < -0.4 is 24.8 Å². The first-order valence-electron chi connectivity index (χ1n) is 8.07. The van der Waals surface area contributed by atoms with E-state index in [1.807, 2.05) is 6.07 Å². The number of benzene rings is 2. The molecule has 0 radical (unpaired) electrons. The molecule has 6 nitrogen and oxygen atoms in total. The zero-order valence-electron chi connectivity index (χ0n) is 15.3. The van der Waals surface area contributed by atoms with Crippen LogP contribution in [0.5, 0.6) is 17.2 Å². The summed E-state index contributed by atoms with van der Waals surface area (Å²) < 4.78 is 29.1. The minimum absolute atomic E-state index is 0.164. The van der Waals surface area contributed by atoms with Crippen LogP contribution in [0.2, 0.25) is 0 Å². The number of ether oxygens (including phenoxy) is 3. The number of nitrogens with one attached hydrogen (secondary N) is 2. The second-order valence-corrected chi connectivity index (χ2v) is 5.62. The summed E-state index contributed by atoms with van der Waals surface area (Å²) in [5, 5.41) is 5.53. The lowest BCUT2D eigenvalue weighted by Gasteiger charge is -2.16. The van der Waals surface area contributed by atoms with Gasteiger partial charge in [0.1, 0.15) is 11.5 Å². The summed E-state index contributed by atoms with van der Waals surface area (Å²) in [6.45, 7) is 2.05. The zero-order valence-corrected chi connectivity index (χ0v) is 15.3. The molecule has 1 atom stereocenters. The zero-order chi connectivity index (χ0) is 19.1. The average Bonchev–Trinajstić information content (AvgIpc) is 2.65. The Morgan fingerprint density at radius 2 is 1.77 bits per heavy atom. The van der Waals surface area contributed by atoms with E-state index in [-0.39, 0.29) is 24.4 Å². The first kappa shape index (κ1) is 19.4. The van der Waals surface area contributed by atoms with Crippen molar-refractivity contribution in [3.05, 3.63) is 53.3 Å². The highest BCUT2D eigenvalue weighted by Gasteiger charge is 2.13. The number of methoxy groups -OCH3 is 3. The molecule has 0 aliphatic carbocycles. The third kappa shape index (κ3) is 4.78. The van der Waals surface area contributed by atoms with Crippen molar-refractivity contribution in [3.8, 4) is 17.2 Å². The monoisotopic (exact) mass is 362 g/mol. The van der Waals surface area contributed by atoms with Gasteiger partial charge in [0, 0.05) is 18.2 Å². The molecule has 0 aliphatic heterocycles. The van der Waals surface area contributed by atoms with Gasteiger partial charge >= 0.3 is 6.03 Å². The predicted octanol–water partition coefficient (Wildman–Crippen LogP) is 3.41. The minimum atomic E-state index is -0.470. The van der Waals surface area contributed by atoms with Gasteiger partial charge in [-0.3, -0.25) is 0 Å². The van der Waals surface area contributed by atoms with E-state index in [9.17, 15) is 9.18 Å². The molecule has 0 aromatic heterocycles. The summed E-state index contributed by atoms with van der Waals surface area (Å²) in [5.41, 5.74) is 1.45. The maximum Gasteiger partial charge on any atom is 0.315 e. The van der Waals surface area contributed by atoms with Crippen LogP contribution in [-0.2, 0) is 6.54 Å². The van der Waals surface area contributed by atoms with E-state index in [2.05, 4.69) is 10.6 Å². The molecule has 2 aromatic rings.